The van der Waals surface area contributed by atoms with Crippen molar-refractivity contribution in [3.05, 3.63) is 29.3 Å². The molecule has 0 atom stereocenters. The largest absolute Gasteiger partial charge is 0.362 e. The number of hydrogen-bond acceptors (Lipinski definition) is 3. The fourth-order valence-electron chi connectivity index (χ4n) is 2.65. The molecule has 0 radical (unpaired) electrons. The first-order valence-electron chi connectivity index (χ1n) is 7.58. The summed E-state index contributed by atoms with van der Waals surface area (Å²) in [7, 11) is 0. The quantitative estimate of drug-likeness (QED) is 0.779. The van der Waals surface area contributed by atoms with Gasteiger partial charge in [0, 0.05) is 25.3 Å². The summed E-state index contributed by atoms with van der Waals surface area (Å²) in [4.78, 5) is 14.1. The second kappa shape index (κ2) is 7.29. The Bertz CT molecular complexity index is 459. The fraction of sp³-hybridized carbons (Fsp3) is 0.562. The summed E-state index contributed by atoms with van der Waals surface area (Å²) in [6, 6.07) is 6.35. The Morgan fingerprint density at radius 3 is 3.05 bits per heavy atom. The van der Waals surface area contributed by atoms with Crippen LogP contribution in [0, 0.1) is 0 Å². The minimum absolute atomic E-state index is 0.120. The molecule has 0 bridgehead atoms. The van der Waals surface area contributed by atoms with Crippen LogP contribution >= 0.6 is 0 Å². The first-order valence-corrected chi connectivity index (χ1v) is 7.58. The molecule has 0 unspecified atom stereocenters. The number of nitrogens with two attached hydrogens (primary N) is 1. The molecule has 3 N–H and O–H groups in total. The molecule has 0 aromatic heterocycles. The highest BCUT2D eigenvalue weighted by Crippen LogP contribution is 2.27. The third kappa shape index (κ3) is 3.73. The van der Waals surface area contributed by atoms with Crippen LogP contribution in [0.2, 0.25) is 0 Å². The molecule has 0 spiro atoms. The van der Waals surface area contributed by atoms with Crippen LogP contribution in [0.4, 0.5) is 5.69 Å². The number of fused-ring (bicyclic) bond motifs is 1. The zero-order valence-corrected chi connectivity index (χ0v) is 12.3. The lowest BCUT2D eigenvalue weighted by Crippen LogP contribution is -2.40. The number of amides is 1. The Kier molecular flexibility index (Phi) is 5.41. The number of anilines is 1. The van der Waals surface area contributed by atoms with Gasteiger partial charge in [0.25, 0.3) is 0 Å². The second-order valence-electron chi connectivity index (χ2n) is 5.40. The van der Waals surface area contributed by atoms with E-state index in [0.717, 1.165) is 44.3 Å². The summed E-state index contributed by atoms with van der Waals surface area (Å²) in [5, 5.41) is 2.98. The maximum atomic E-state index is 11.9. The van der Waals surface area contributed by atoms with Crippen LogP contribution in [0.1, 0.15) is 37.3 Å². The molecular formula is C16H25N3O. The molecule has 4 nitrogen and oxygen atoms in total. The Labute approximate surface area is 121 Å². The molecule has 2 rings (SSSR count). The van der Waals surface area contributed by atoms with Crippen molar-refractivity contribution < 1.29 is 4.79 Å². The third-order valence-electron chi connectivity index (χ3n) is 3.78. The van der Waals surface area contributed by atoms with Gasteiger partial charge in [0.1, 0.15) is 0 Å². The van der Waals surface area contributed by atoms with Crippen LogP contribution in [-0.2, 0) is 17.8 Å². The van der Waals surface area contributed by atoms with Gasteiger partial charge in [-0.25, -0.2) is 0 Å². The molecule has 1 aliphatic heterocycles. The molecule has 20 heavy (non-hydrogen) atoms. The zero-order chi connectivity index (χ0) is 14.4. The summed E-state index contributed by atoms with van der Waals surface area (Å²) >= 11 is 0. The van der Waals surface area contributed by atoms with E-state index in [2.05, 4.69) is 35.3 Å². The normalized spacial score (nSPS) is 14.0. The van der Waals surface area contributed by atoms with Crippen molar-refractivity contribution in [1.82, 2.24) is 5.32 Å². The van der Waals surface area contributed by atoms with Crippen LogP contribution in [0.3, 0.4) is 0 Å². The summed E-state index contributed by atoms with van der Waals surface area (Å²) < 4.78 is 0. The monoisotopic (exact) mass is 275 g/mol. The van der Waals surface area contributed by atoms with Crippen LogP contribution in [0.5, 0.6) is 0 Å². The maximum Gasteiger partial charge on any atom is 0.239 e. The van der Waals surface area contributed by atoms with Gasteiger partial charge in [-0.2, -0.15) is 0 Å². The maximum absolute atomic E-state index is 11.9. The number of nitrogens with zero attached hydrogens (tertiary/aromatic N) is 1. The van der Waals surface area contributed by atoms with Gasteiger partial charge < -0.3 is 16.0 Å². The van der Waals surface area contributed by atoms with Gasteiger partial charge in [-0.3, -0.25) is 4.79 Å². The molecule has 0 aliphatic carbocycles. The Balaban J connectivity index is 1.99. The molecule has 110 valence electrons. The number of unbranched alkanes of at least 4 members (excludes halogenated alkanes) is 1. The first kappa shape index (κ1) is 14.9. The van der Waals surface area contributed by atoms with Crippen molar-refractivity contribution in [2.75, 3.05) is 24.5 Å². The zero-order valence-electron chi connectivity index (χ0n) is 12.3. The number of aryl methyl sites for hydroxylation is 1. The summed E-state index contributed by atoms with van der Waals surface area (Å²) in [5.41, 5.74) is 9.37. The number of hydrogen-bond donors (Lipinski definition) is 2. The standard InChI is InChI=1S/C16H25N3O/c1-2-3-8-18-16(20)12-19-9-4-5-14-10-13(11-17)6-7-15(14)19/h6-7,10H,2-5,8-9,11-12,17H2,1H3,(H,18,20). The van der Waals surface area contributed by atoms with Crippen molar-refractivity contribution in [2.24, 2.45) is 5.73 Å². The van der Waals surface area contributed by atoms with Gasteiger partial charge >= 0.3 is 0 Å². The van der Waals surface area contributed by atoms with E-state index in [0.29, 0.717) is 13.1 Å². The molecule has 0 saturated heterocycles. The van der Waals surface area contributed by atoms with Crippen LogP contribution in [0.25, 0.3) is 0 Å². The minimum atomic E-state index is 0.120. The smallest absolute Gasteiger partial charge is 0.239 e. The molecule has 0 fully saturated rings. The minimum Gasteiger partial charge on any atom is -0.362 e. The highest BCUT2D eigenvalue weighted by molar-refractivity contribution is 5.81. The Morgan fingerprint density at radius 2 is 2.30 bits per heavy atom. The van der Waals surface area contributed by atoms with E-state index in [1.807, 2.05) is 0 Å². The van der Waals surface area contributed by atoms with Crippen molar-refractivity contribution in [3.8, 4) is 0 Å². The predicted molar refractivity (Wildman–Crippen MR) is 82.8 cm³/mol. The third-order valence-corrected chi connectivity index (χ3v) is 3.78. The molecular weight excluding hydrogens is 250 g/mol. The lowest BCUT2D eigenvalue weighted by molar-refractivity contribution is -0.119. The molecule has 1 aliphatic rings. The van der Waals surface area contributed by atoms with E-state index in [1.165, 1.54) is 11.3 Å². The van der Waals surface area contributed by atoms with E-state index >= 15 is 0 Å². The van der Waals surface area contributed by atoms with Crippen molar-refractivity contribution in [2.45, 2.75) is 39.2 Å². The van der Waals surface area contributed by atoms with Gasteiger partial charge in [0.15, 0.2) is 0 Å². The molecule has 0 saturated carbocycles. The topological polar surface area (TPSA) is 58.4 Å². The highest BCUT2D eigenvalue weighted by Gasteiger charge is 2.19. The number of nitrogens with one attached hydrogen (secondary N) is 1. The van der Waals surface area contributed by atoms with Crippen LogP contribution in [-0.4, -0.2) is 25.5 Å². The number of carbonyl (C=O) groups is 1. The van der Waals surface area contributed by atoms with E-state index in [1.54, 1.807) is 0 Å². The van der Waals surface area contributed by atoms with Gasteiger partial charge in [-0.15, -0.1) is 0 Å². The second-order valence-corrected chi connectivity index (χ2v) is 5.40. The van der Waals surface area contributed by atoms with Gasteiger partial charge in [-0.1, -0.05) is 25.5 Å². The Morgan fingerprint density at radius 1 is 1.45 bits per heavy atom. The molecule has 1 heterocycles. The van der Waals surface area contributed by atoms with Crippen molar-refractivity contribution >= 4 is 11.6 Å². The summed E-state index contributed by atoms with van der Waals surface area (Å²) in [5.74, 6) is 0.120. The molecule has 1 aromatic carbocycles. The van der Waals surface area contributed by atoms with Crippen LogP contribution < -0.4 is 16.0 Å². The lowest BCUT2D eigenvalue weighted by Gasteiger charge is -2.31. The summed E-state index contributed by atoms with van der Waals surface area (Å²) in [6.07, 6.45) is 4.33. The molecule has 1 amide bonds. The highest BCUT2D eigenvalue weighted by atomic mass is 16.2. The van der Waals surface area contributed by atoms with Gasteiger partial charge in [0.05, 0.1) is 6.54 Å². The van der Waals surface area contributed by atoms with Gasteiger partial charge in [0.2, 0.25) is 5.91 Å². The average molecular weight is 275 g/mol. The first-order chi connectivity index (χ1) is 9.74. The average Bonchev–Trinajstić information content (AvgIpc) is 2.47. The fourth-order valence-corrected chi connectivity index (χ4v) is 2.65. The number of rotatable bonds is 6. The van der Waals surface area contributed by atoms with Crippen molar-refractivity contribution in [1.29, 1.82) is 0 Å². The van der Waals surface area contributed by atoms with E-state index < -0.39 is 0 Å². The Hall–Kier alpha value is -1.55. The van der Waals surface area contributed by atoms with E-state index in [9.17, 15) is 4.79 Å². The van der Waals surface area contributed by atoms with E-state index in [4.69, 9.17) is 5.73 Å². The van der Waals surface area contributed by atoms with Crippen molar-refractivity contribution in [3.63, 3.8) is 0 Å². The molecule has 4 heteroatoms. The SMILES string of the molecule is CCCCNC(=O)CN1CCCc2cc(CN)ccc21. The predicted octanol–water partition coefficient (Wildman–Crippen LogP) is 1.81. The number of carbonyl (C=O) groups excluding carboxylic acids is 1. The van der Waals surface area contributed by atoms with Crippen LogP contribution in [0.15, 0.2) is 18.2 Å². The van der Waals surface area contributed by atoms with E-state index in [-0.39, 0.29) is 5.91 Å². The molecule has 1 aromatic rings. The number of benzene rings is 1. The lowest BCUT2D eigenvalue weighted by atomic mass is 9.99. The summed E-state index contributed by atoms with van der Waals surface area (Å²) in [6.45, 7) is 4.89. The van der Waals surface area contributed by atoms with Gasteiger partial charge in [-0.05, 0) is 36.5 Å².